The van der Waals surface area contributed by atoms with Crippen molar-refractivity contribution in [2.75, 3.05) is 44.2 Å². The molecule has 1 aromatic rings. The van der Waals surface area contributed by atoms with Gasteiger partial charge in [0.25, 0.3) is 5.91 Å². The van der Waals surface area contributed by atoms with E-state index in [4.69, 9.17) is 22.1 Å². The van der Waals surface area contributed by atoms with E-state index in [1.54, 1.807) is 0 Å². The van der Waals surface area contributed by atoms with Crippen molar-refractivity contribution >= 4 is 23.5 Å². The minimum Gasteiger partial charge on any atom is -0.378 e. The highest BCUT2D eigenvalue weighted by Gasteiger charge is 2.27. The minimum absolute atomic E-state index is 0.117. The molecule has 2 fully saturated rings. The molecule has 3 rings (SSSR count). The molecule has 0 aromatic carbocycles. The Balaban J connectivity index is 1.60. The van der Waals surface area contributed by atoms with Crippen LogP contribution < -0.4 is 10.6 Å². The lowest BCUT2D eigenvalue weighted by atomic mass is 10.1. The van der Waals surface area contributed by atoms with Gasteiger partial charge in [-0.15, -0.1) is 0 Å². The third kappa shape index (κ3) is 4.59. The summed E-state index contributed by atoms with van der Waals surface area (Å²) in [6.07, 6.45) is 6.54. The SMILES string of the molecule is NCCCOC1CCN(C(=O)c2nc(N3CCCC3)ncc2Cl)CC1. The molecular weight excluding hydrogens is 342 g/mol. The molecular formula is C17H26ClN5O2. The molecule has 138 valence electrons. The molecule has 8 heteroatoms. The Morgan fingerprint density at radius 3 is 2.68 bits per heavy atom. The smallest absolute Gasteiger partial charge is 0.274 e. The monoisotopic (exact) mass is 367 g/mol. The van der Waals surface area contributed by atoms with Gasteiger partial charge in [-0.2, -0.15) is 0 Å². The average molecular weight is 368 g/mol. The summed E-state index contributed by atoms with van der Waals surface area (Å²) < 4.78 is 5.79. The van der Waals surface area contributed by atoms with Gasteiger partial charge in [-0.25, -0.2) is 9.97 Å². The molecule has 2 aliphatic rings. The van der Waals surface area contributed by atoms with Crippen LogP contribution in [0, 0.1) is 0 Å². The second-order valence-corrected chi connectivity index (χ2v) is 6.97. The Labute approximate surface area is 153 Å². The van der Waals surface area contributed by atoms with Crippen molar-refractivity contribution in [1.82, 2.24) is 14.9 Å². The van der Waals surface area contributed by atoms with Gasteiger partial charge in [-0.3, -0.25) is 4.79 Å². The van der Waals surface area contributed by atoms with E-state index in [9.17, 15) is 4.79 Å². The molecule has 0 radical (unpaired) electrons. The molecule has 2 aliphatic heterocycles. The highest BCUT2D eigenvalue weighted by Crippen LogP contribution is 2.23. The Morgan fingerprint density at radius 2 is 2.00 bits per heavy atom. The summed E-state index contributed by atoms with van der Waals surface area (Å²) in [4.78, 5) is 25.5. The molecule has 1 amide bonds. The van der Waals surface area contributed by atoms with Gasteiger partial charge >= 0.3 is 0 Å². The van der Waals surface area contributed by atoms with E-state index in [2.05, 4.69) is 14.9 Å². The van der Waals surface area contributed by atoms with Crippen molar-refractivity contribution in [3.8, 4) is 0 Å². The number of rotatable bonds is 6. The number of nitrogens with zero attached hydrogens (tertiary/aromatic N) is 4. The van der Waals surface area contributed by atoms with Gasteiger partial charge in [-0.1, -0.05) is 11.6 Å². The Morgan fingerprint density at radius 1 is 1.28 bits per heavy atom. The summed E-state index contributed by atoms with van der Waals surface area (Å²) in [7, 11) is 0. The van der Waals surface area contributed by atoms with Crippen LogP contribution in [0.25, 0.3) is 0 Å². The van der Waals surface area contributed by atoms with Gasteiger partial charge in [0, 0.05) is 32.8 Å². The van der Waals surface area contributed by atoms with Crippen LogP contribution in [0.15, 0.2) is 6.20 Å². The van der Waals surface area contributed by atoms with Crippen molar-refractivity contribution in [3.63, 3.8) is 0 Å². The molecule has 0 aliphatic carbocycles. The molecule has 25 heavy (non-hydrogen) atoms. The quantitative estimate of drug-likeness (QED) is 0.770. The summed E-state index contributed by atoms with van der Waals surface area (Å²) >= 11 is 6.20. The van der Waals surface area contributed by atoms with Crippen LogP contribution in [-0.4, -0.2) is 66.2 Å². The largest absolute Gasteiger partial charge is 0.378 e. The van der Waals surface area contributed by atoms with Crippen LogP contribution in [0.2, 0.25) is 5.02 Å². The number of carbonyl (C=O) groups is 1. The second kappa shape index (κ2) is 8.78. The zero-order chi connectivity index (χ0) is 17.6. The van der Waals surface area contributed by atoms with E-state index in [1.807, 2.05) is 4.90 Å². The predicted molar refractivity (Wildman–Crippen MR) is 97.0 cm³/mol. The molecule has 0 unspecified atom stereocenters. The summed E-state index contributed by atoms with van der Waals surface area (Å²) in [6, 6.07) is 0. The maximum Gasteiger partial charge on any atom is 0.274 e. The molecule has 7 nitrogen and oxygen atoms in total. The van der Waals surface area contributed by atoms with E-state index < -0.39 is 0 Å². The minimum atomic E-state index is -0.117. The summed E-state index contributed by atoms with van der Waals surface area (Å²) in [5, 5.41) is 0.314. The number of hydrogen-bond donors (Lipinski definition) is 1. The normalized spacial score (nSPS) is 18.8. The fourth-order valence-corrected chi connectivity index (χ4v) is 3.46. The lowest BCUT2D eigenvalue weighted by Crippen LogP contribution is -2.41. The van der Waals surface area contributed by atoms with E-state index in [-0.39, 0.29) is 12.0 Å². The molecule has 1 aromatic heterocycles. The molecule has 2 N–H and O–H groups in total. The highest BCUT2D eigenvalue weighted by atomic mass is 35.5. The van der Waals surface area contributed by atoms with Crippen molar-refractivity contribution in [1.29, 1.82) is 0 Å². The summed E-state index contributed by atoms with van der Waals surface area (Å²) in [6.45, 7) is 4.51. The van der Waals surface area contributed by atoms with Crippen LogP contribution in [0.5, 0.6) is 0 Å². The maximum atomic E-state index is 12.8. The molecule has 0 atom stereocenters. The van der Waals surface area contributed by atoms with E-state index in [1.165, 1.54) is 6.20 Å². The standard InChI is InChI=1S/C17H26ClN5O2/c18-14-12-20-17(23-7-1-2-8-23)21-15(14)16(24)22-9-4-13(5-10-22)25-11-3-6-19/h12-13H,1-11,19H2. The number of aromatic nitrogens is 2. The number of amides is 1. The van der Waals surface area contributed by atoms with Crippen molar-refractivity contribution in [2.45, 2.75) is 38.2 Å². The Bertz CT molecular complexity index is 586. The average Bonchev–Trinajstić information content (AvgIpc) is 3.17. The summed E-state index contributed by atoms with van der Waals surface area (Å²) in [5.41, 5.74) is 5.79. The van der Waals surface area contributed by atoms with Crippen molar-refractivity contribution in [3.05, 3.63) is 16.9 Å². The lowest BCUT2D eigenvalue weighted by Gasteiger charge is -2.32. The fraction of sp³-hybridized carbons (Fsp3) is 0.706. The lowest BCUT2D eigenvalue weighted by molar-refractivity contribution is 0.00829. The van der Waals surface area contributed by atoms with Gasteiger partial charge in [0.1, 0.15) is 0 Å². The molecule has 0 bridgehead atoms. The molecule has 0 saturated carbocycles. The summed E-state index contributed by atoms with van der Waals surface area (Å²) in [5.74, 6) is 0.485. The first-order chi connectivity index (χ1) is 12.2. The Hall–Kier alpha value is -1.44. The fourth-order valence-electron chi connectivity index (χ4n) is 3.29. The van der Waals surface area contributed by atoms with Gasteiger partial charge in [0.2, 0.25) is 5.95 Å². The second-order valence-electron chi connectivity index (χ2n) is 6.57. The van der Waals surface area contributed by atoms with Crippen LogP contribution >= 0.6 is 11.6 Å². The van der Waals surface area contributed by atoms with Crippen LogP contribution in [0.3, 0.4) is 0 Å². The number of nitrogens with two attached hydrogens (primary N) is 1. The van der Waals surface area contributed by atoms with Crippen molar-refractivity contribution < 1.29 is 9.53 Å². The van der Waals surface area contributed by atoms with Crippen LogP contribution in [0.4, 0.5) is 5.95 Å². The zero-order valence-corrected chi connectivity index (χ0v) is 15.2. The number of anilines is 1. The molecule has 3 heterocycles. The Kier molecular flexibility index (Phi) is 6.45. The van der Waals surface area contributed by atoms with Gasteiger partial charge in [-0.05, 0) is 38.6 Å². The zero-order valence-electron chi connectivity index (χ0n) is 14.5. The third-order valence-corrected chi connectivity index (χ3v) is 5.03. The number of carbonyl (C=O) groups excluding carboxylic acids is 1. The molecule has 0 spiro atoms. The van der Waals surface area contributed by atoms with E-state index in [0.717, 1.165) is 45.2 Å². The van der Waals surface area contributed by atoms with Crippen LogP contribution in [0.1, 0.15) is 42.6 Å². The first-order valence-electron chi connectivity index (χ1n) is 9.07. The van der Waals surface area contributed by atoms with Gasteiger partial charge in [0.05, 0.1) is 17.3 Å². The maximum absolute atomic E-state index is 12.8. The number of likely N-dealkylation sites (tertiary alicyclic amines) is 1. The first-order valence-corrected chi connectivity index (χ1v) is 9.45. The van der Waals surface area contributed by atoms with Crippen molar-refractivity contribution in [2.24, 2.45) is 5.73 Å². The topological polar surface area (TPSA) is 84.6 Å². The number of halogens is 1. The van der Waals surface area contributed by atoms with Gasteiger partial charge in [0.15, 0.2) is 5.69 Å². The molecule has 2 saturated heterocycles. The van der Waals surface area contributed by atoms with Gasteiger partial charge < -0.3 is 20.3 Å². The van der Waals surface area contributed by atoms with Crippen LogP contribution in [-0.2, 0) is 4.74 Å². The predicted octanol–water partition coefficient (Wildman–Crippen LogP) is 1.70. The number of ether oxygens (including phenoxy) is 1. The number of hydrogen-bond acceptors (Lipinski definition) is 6. The third-order valence-electron chi connectivity index (χ3n) is 4.75. The van der Waals surface area contributed by atoms with E-state index >= 15 is 0 Å². The first kappa shape index (κ1) is 18.4. The van der Waals surface area contributed by atoms with E-state index in [0.29, 0.717) is 42.9 Å². The number of piperidine rings is 1. The highest BCUT2D eigenvalue weighted by molar-refractivity contribution is 6.33.